The fourth-order valence-electron chi connectivity index (χ4n) is 1.89. The Bertz CT molecular complexity index is 402. The van der Waals surface area contributed by atoms with Crippen molar-refractivity contribution in [3.63, 3.8) is 0 Å². The van der Waals surface area contributed by atoms with Crippen molar-refractivity contribution in [1.82, 2.24) is 14.8 Å². The first kappa shape index (κ1) is 12.5. The SMILES string of the molecule is CN1CCN(C(=O)Cc2cncc(Br)c2)CC1. The van der Waals surface area contributed by atoms with Crippen molar-refractivity contribution in [2.75, 3.05) is 33.2 Å². The summed E-state index contributed by atoms with van der Waals surface area (Å²) in [6.07, 6.45) is 3.92. The van der Waals surface area contributed by atoms with Gasteiger partial charge in [-0.1, -0.05) is 0 Å². The number of likely N-dealkylation sites (N-methyl/N-ethyl adjacent to an activating group) is 1. The van der Waals surface area contributed by atoms with Gasteiger partial charge in [0.25, 0.3) is 0 Å². The number of halogens is 1. The van der Waals surface area contributed by atoms with Crippen LogP contribution in [0.4, 0.5) is 0 Å². The summed E-state index contributed by atoms with van der Waals surface area (Å²) in [5.41, 5.74) is 0.961. The van der Waals surface area contributed by atoms with E-state index in [-0.39, 0.29) is 5.91 Å². The average Bonchev–Trinajstić information content (AvgIpc) is 2.29. The van der Waals surface area contributed by atoms with Gasteiger partial charge in [0.1, 0.15) is 0 Å². The van der Waals surface area contributed by atoms with Crippen molar-refractivity contribution in [2.45, 2.75) is 6.42 Å². The zero-order chi connectivity index (χ0) is 12.3. The third-order valence-electron chi connectivity index (χ3n) is 2.97. The molecule has 0 aliphatic carbocycles. The molecule has 0 bridgehead atoms. The number of hydrogen-bond acceptors (Lipinski definition) is 3. The molecule has 2 rings (SSSR count). The van der Waals surface area contributed by atoms with E-state index in [1.807, 2.05) is 11.0 Å². The maximum Gasteiger partial charge on any atom is 0.227 e. The van der Waals surface area contributed by atoms with Crippen LogP contribution in [0.1, 0.15) is 5.56 Å². The molecule has 1 fully saturated rings. The molecule has 0 N–H and O–H groups in total. The van der Waals surface area contributed by atoms with Gasteiger partial charge in [-0.05, 0) is 34.6 Å². The lowest BCUT2D eigenvalue weighted by atomic mass is 10.2. The van der Waals surface area contributed by atoms with Gasteiger partial charge < -0.3 is 9.80 Å². The van der Waals surface area contributed by atoms with Crippen LogP contribution in [0.15, 0.2) is 22.9 Å². The van der Waals surface area contributed by atoms with Crippen molar-refractivity contribution >= 4 is 21.8 Å². The van der Waals surface area contributed by atoms with Crippen molar-refractivity contribution in [3.8, 4) is 0 Å². The highest BCUT2D eigenvalue weighted by Crippen LogP contribution is 2.11. The Kier molecular flexibility index (Phi) is 4.12. The molecule has 1 aliphatic rings. The van der Waals surface area contributed by atoms with Crippen LogP contribution < -0.4 is 0 Å². The molecule has 1 amide bonds. The number of pyridine rings is 1. The summed E-state index contributed by atoms with van der Waals surface area (Å²) in [5, 5.41) is 0. The van der Waals surface area contributed by atoms with Gasteiger partial charge in [0.15, 0.2) is 0 Å². The maximum absolute atomic E-state index is 12.0. The molecule has 1 saturated heterocycles. The average molecular weight is 298 g/mol. The number of carbonyl (C=O) groups excluding carboxylic acids is 1. The normalized spacial score (nSPS) is 17.2. The van der Waals surface area contributed by atoms with Crippen LogP contribution in [-0.2, 0) is 11.2 Å². The quantitative estimate of drug-likeness (QED) is 0.822. The van der Waals surface area contributed by atoms with E-state index in [2.05, 4.69) is 32.9 Å². The zero-order valence-corrected chi connectivity index (χ0v) is 11.5. The molecule has 5 heteroatoms. The second kappa shape index (κ2) is 5.60. The van der Waals surface area contributed by atoms with E-state index in [9.17, 15) is 4.79 Å². The van der Waals surface area contributed by atoms with E-state index in [0.717, 1.165) is 36.2 Å². The Balaban J connectivity index is 1.93. The molecular formula is C12H16BrN3O. The third kappa shape index (κ3) is 3.51. The molecular weight excluding hydrogens is 282 g/mol. The first-order chi connectivity index (χ1) is 8.15. The molecule has 2 heterocycles. The van der Waals surface area contributed by atoms with Crippen LogP contribution in [0.3, 0.4) is 0 Å². The second-order valence-corrected chi connectivity index (χ2v) is 5.29. The second-order valence-electron chi connectivity index (χ2n) is 4.37. The highest BCUT2D eigenvalue weighted by atomic mass is 79.9. The lowest BCUT2D eigenvalue weighted by Crippen LogP contribution is -2.47. The molecule has 1 aliphatic heterocycles. The summed E-state index contributed by atoms with van der Waals surface area (Å²) < 4.78 is 0.918. The molecule has 0 atom stereocenters. The van der Waals surface area contributed by atoms with Gasteiger partial charge in [-0.15, -0.1) is 0 Å². The van der Waals surface area contributed by atoms with Crippen molar-refractivity contribution < 1.29 is 4.79 Å². The first-order valence-corrected chi connectivity index (χ1v) is 6.50. The summed E-state index contributed by atoms with van der Waals surface area (Å²) in [7, 11) is 2.08. The zero-order valence-electron chi connectivity index (χ0n) is 9.90. The van der Waals surface area contributed by atoms with Gasteiger partial charge in [-0.3, -0.25) is 9.78 Å². The fraction of sp³-hybridized carbons (Fsp3) is 0.500. The maximum atomic E-state index is 12.0. The van der Waals surface area contributed by atoms with Crippen LogP contribution in [0.5, 0.6) is 0 Å². The smallest absolute Gasteiger partial charge is 0.227 e. The number of piperazine rings is 1. The number of aromatic nitrogens is 1. The van der Waals surface area contributed by atoms with Gasteiger partial charge in [0.05, 0.1) is 6.42 Å². The monoisotopic (exact) mass is 297 g/mol. The van der Waals surface area contributed by atoms with Crippen molar-refractivity contribution in [1.29, 1.82) is 0 Å². The molecule has 0 saturated carbocycles. The minimum Gasteiger partial charge on any atom is -0.340 e. The Labute approximate surface area is 110 Å². The predicted molar refractivity (Wildman–Crippen MR) is 69.7 cm³/mol. The topological polar surface area (TPSA) is 36.4 Å². The summed E-state index contributed by atoms with van der Waals surface area (Å²) in [6.45, 7) is 3.58. The molecule has 4 nitrogen and oxygen atoms in total. The summed E-state index contributed by atoms with van der Waals surface area (Å²) in [6, 6.07) is 1.95. The van der Waals surface area contributed by atoms with Gasteiger partial charge >= 0.3 is 0 Å². The Morgan fingerprint density at radius 1 is 1.35 bits per heavy atom. The Morgan fingerprint density at radius 3 is 2.71 bits per heavy atom. The van der Waals surface area contributed by atoms with Crippen molar-refractivity contribution in [2.24, 2.45) is 0 Å². The Hall–Kier alpha value is -0.940. The van der Waals surface area contributed by atoms with E-state index in [4.69, 9.17) is 0 Å². The van der Waals surface area contributed by atoms with E-state index >= 15 is 0 Å². The minimum atomic E-state index is 0.193. The number of carbonyl (C=O) groups is 1. The highest BCUT2D eigenvalue weighted by molar-refractivity contribution is 9.10. The van der Waals surface area contributed by atoms with E-state index in [0.29, 0.717) is 6.42 Å². The molecule has 92 valence electrons. The number of amides is 1. The molecule has 17 heavy (non-hydrogen) atoms. The van der Waals surface area contributed by atoms with Crippen molar-refractivity contribution in [3.05, 3.63) is 28.5 Å². The predicted octanol–water partition coefficient (Wildman–Crippen LogP) is 1.16. The molecule has 0 aromatic carbocycles. The van der Waals surface area contributed by atoms with Crippen LogP contribution in [-0.4, -0.2) is 53.9 Å². The molecule has 1 aromatic rings. The van der Waals surface area contributed by atoms with Crippen LogP contribution in [0.25, 0.3) is 0 Å². The number of rotatable bonds is 2. The van der Waals surface area contributed by atoms with E-state index < -0.39 is 0 Å². The molecule has 0 radical (unpaired) electrons. The first-order valence-electron chi connectivity index (χ1n) is 5.71. The minimum absolute atomic E-state index is 0.193. The van der Waals surface area contributed by atoms with Gasteiger partial charge in [-0.2, -0.15) is 0 Å². The van der Waals surface area contributed by atoms with E-state index in [1.54, 1.807) is 12.4 Å². The summed E-state index contributed by atoms with van der Waals surface area (Å²) in [5.74, 6) is 0.193. The van der Waals surface area contributed by atoms with Gasteiger partial charge in [0.2, 0.25) is 5.91 Å². The van der Waals surface area contributed by atoms with Gasteiger partial charge in [0, 0.05) is 43.0 Å². The highest BCUT2D eigenvalue weighted by Gasteiger charge is 2.19. The summed E-state index contributed by atoms with van der Waals surface area (Å²) >= 11 is 3.36. The van der Waals surface area contributed by atoms with Gasteiger partial charge in [-0.25, -0.2) is 0 Å². The lowest BCUT2D eigenvalue weighted by molar-refractivity contribution is -0.132. The third-order valence-corrected chi connectivity index (χ3v) is 3.41. The number of hydrogen-bond donors (Lipinski definition) is 0. The number of nitrogens with zero attached hydrogens (tertiary/aromatic N) is 3. The summed E-state index contributed by atoms with van der Waals surface area (Å²) in [4.78, 5) is 20.3. The fourth-order valence-corrected chi connectivity index (χ4v) is 2.31. The Morgan fingerprint density at radius 2 is 2.06 bits per heavy atom. The van der Waals surface area contributed by atoms with Crippen LogP contribution in [0.2, 0.25) is 0 Å². The largest absolute Gasteiger partial charge is 0.340 e. The van der Waals surface area contributed by atoms with E-state index in [1.165, 1.54) is 0 Å². The van der Waals surface area contributed by atoms with Crippen LogP contribution in [0, 0.1) is 0 Å². The standard InChI is InChI=1S/C12H16BrN3O/c1-15-2-4-16(5-3-15)12(17)7-10-6-11(13)9-14-8-10/h6,8-9H,2-5,7H2,1H3. The molecule has 0 unspecified atom stereocenters. The lowest BCUT2D eigenvalue weighted by Gasteiger charge is -2.32. The molecule has 1 aromatic heterocycles. The van der Waals surface area contributed by atoms with Crippen LogP contribution >= 0.6 is 15.9 Å². The molecule has 0 spiro atoms.